The Bertz CT molecular complexity index is 955. The van der Waals surface area contributed by atoms with Gasteiger partial charge in [-0.25, -0.2) is 0 Å². The van der Waals surface area contributed by atoms with E-state index in [0.717, 1.165) is 24.3 Å². The van der Waals surface area contributed by atoms with E-state index in [1.54, 1.807) is 0 Å². The van der Waals surface area contributed by atoms with Gasteiger partial charge in [-0.05, 0) is 59.4 Å². The molecule has 150 valence electrons. The maximum Gasteiger partial charge on any atom is 0.120 e. The fraction of sp³-hybridized carbons (Fsp3) is 0.143. The number of aryl methyl sites for hydroxylation is 2. The first kappa shape index (κ1) is 19.8. The van der Waals surface area contributed by atoms with Crippen LogP contribution in [0.5, 0.6) is 11.5 Å². The van der Waals surface area contributed by atoms with E-state index in [2.05, 4.69) is 60.7 Å². The topological polar surface area (TPSA) is 18.5 Å². The molecule has 0 aliphatic rings. The van der Waals surface area contributed by atoms with Crippen molar-refractivity contribution in [3.05, 3.63) is 131 Å². The lowest BCUT2D eigenvalue weighted by Crippen LogP contribution is -1.98. The van der Waals surface area contributed by atoms with E-state index in [4.69, 9.17) is 9.47 Å². The molecule has 0 bridgehead atoms. The number of ether oxygens (including phenoxy) is 2. The van der Waals surface area contributed by atoms with Crippen molar-refractivity contribution in [2.24, 2.45) is 0 Å². The zero-order chi connectivity index (χ0) is 20.4. The van der Waals surface area contributed by atoms with Gasteiger partial charge in [-0.3, -0.25) is 0 Å². The minimum atomic E-state index is 0.588. The predicted octanol–water partition coefficient (Wildman–Crippen LogP) is 6.63. The van der Waals surface area contributed by atoms with Crippen molar-refractivity contribution in [3.8, 4) is 11.5 Å². The van der Waals surface area contributed by atoms with Crippen molar-refractivity contribution >= 4 is 0 Å². The highest BCUT2D eigenvalue weighted by Crippen LogP contribution is 2.19. The Morgan fingerprint density at radius 1 is 0.400 bits per heavy atom. The monoisotopic (exact) mass is 394 g/mol. The molecule has 0 heterocycles. The minimum Gasteiger partial charge on any atom is -0.489 e. The van der Waals surface area contributed by atoms with Gasteiger partial charge in [0.1, 0.15) is 24.7 Å². The zero-order valence-electron chi connectivity index (χ0n) is 17.0. The van der Waals surface area contributed by atoms with Gasteiger partial charge in [0, 0.05) is 0 Å². The van der Waals surface area contributed by atoms with Crippen molar-refractivity contribution in [2.45, 2.75) is 26.1 Å². The lowest BCUT2D eigenvalue weighted by Gasteiger charge is -2.10. The summed E-state index contributed by atoms with van der Waals surface area (Å²) in [5.41, 5.74) is 4.90. The summed E-state index contributed by atoms with van der Waals surface area (Å²) in [5.74, 6) is 1.83. The molecule has 0 saturated heterocycles. The fourth-order valence-corrected chi connectivity index (χ4v) is 3.35. The number of hydrogen-bond donors (Lipinski definition) is 0. The van der Waals surface area contributed by atoms with Crippen LogP contribution in [0.3, 0.4) is 0 Å². The average Bonchev–Trinajstić information content (AvgIpc) is 2.82. The molecule has 2 nitrogen and oxygen atoms in total. The van der Waals surface area contributed by atoms with E-state index in [-0.39, 0.29) is 0 Å². The van der Waals surface area contributed by atoms with Gasteiger partial charge in [0.2, 0.25) is 0 Å². The third kappa shape index (κ3) is 5.99. The highest BCUT2D eigenvalue weighted by molar-refractivity contribution is 5.32. The van der Waals surface area contributed by atoms with Gasteiger partial charge < -0.3 is 9.47 Å². The van der Waals surface area contributed by atoms with Crippen molar-refractivity contribution < 1.29 is 9.47 Å². The first-order valence-electron chi connectivity index (χ1n) is 10.4. The van der Waals surface area contributed by atoms with Crippen LogP contribution in [-0.4, -0.2) is 0 Å². The molecule has 2 heteroatoms. The average molecular weight is 395 g/mol. The van der Waals surface area contributed by atoms with Gasteiger partial charge in [-0.2, -0.15) is 0 Å². The third-order valence-corrected chi connectivity index (χ3v) is 5.00. The van der Waals surface area contributed by atoms with Crippen molar-refractivity contribution in [2.75, 3.05) is 0 Å². The molecule has 0 aromatic heterocycles. The lowest BCUT2D eigenvalue weighted by molar-refractivity contribution is 0.305. The summed E-state index contributed by atoms with van der Waals surface area (Å²) in [6, 6.07) is 37.3. The van der Waals surface area contributed by atoms with E-state index in [9.17, 15) is 0 Å². The standard InChI is InChI=1S/C28H26O2/c1-3-9-25(10-4-1)21-29-27-15-7-13-23(19-27)17-18-24-14-8-16-28(20-24)30-22-26-11-5-2-6-12-26/h1-16,19-20H,17-18,21-22H2. The first-order chi connectivity index (χ1) is 14.8. The lowest BCUT2D eigenvalue weighted by atomic mass is 10.0. The fourth-order valence-electron chi connectivity index (χ4n) is 3.35. The van der Waals surface area contributed by atoms with Crippen molar-refractivity contribution in [1.82, 2.24) is 0 Å². The normalized spacial score (nSPS) is 10.5. The molecule has 0 fully saturated rings. The molecule has 30 heavy (non-hydrogen) atoms. The Morgan fingerprint density at radius 3 is 1.23 bits per heavy atom. The zero-order valence-corrected chi connectivity index (χ0v) is 17.0. The predicted molar refractivity (Wildman–Crippen MR) is 122 cm³/mol. The van der Waals surface area contributed by atoms with Gasteiger partial charge in [-0.1, -0.05) is 84.9 Å². The summed E-state index contributed by atoms with van der Waals surface area (Å²) in [5, 5.41) is 0. The van der Waals surface area contributed by atoms with E-state index >= 15 is 0 Å². The molecule has 0 atom stereocenters. The molecular formula is C28H26O2. The molecule has 4 rings (SSSR count). The molecule has 0 saturated carbocycles. The molecule has 0 radical (unpaired) electrons. The number of rotatable bonds is 9. The second-order valence-electron chi connectivity index (χ2n) is 7.34. The van der Waals surface area contributed by atoms with Crippen molar-refractivity contribution in [1.29, 1.82) is 0 Å². The minimum absolute atomic E-state index is 0.588. The number of benzene rings is 4. The molecule has 0 aliphatic carbocycles. The van der Waals surface area contributed by atoms with Crippen LogP contribution in [0.25, 0.3) is 0 Å². The summed E-state index contributed by atoms with van der Waals surface area (Å²) in [7, 11) is 0. The quantitative estimate of drug-likeness (QED) is 0.317. The van der Waals surface area contributed by atoms with Crippen LogP contribution in [0.2, 0.25) is 0 Å². The molecule has 0 N–H and O–H groups in total. The highest BCUT2D eigenvalue weighted by atomic mass is 16.5. The maximum atomic E-state index is 5.96. The van der Waals surface area contributed by atoms with Crippen LogP contribution in [0.15, 0.2) is 109 Å². The molecule has 0 unspecified atom stereocenters. The van der Waals surface area contributed by atoms with Crippen LogP contribution in [0.4, 0.5) is 0 Å². The van der Waals surface area contributed by atoms with E-state index in [1.165, 1.54) is 22.3 Å². The van der Waals surface area contributed by atoms with Gasteiger partial charge >= 0.3 is 0 Å². The molecule has 4 aromatic carbocycles. The van der Waals surface area contributed by atoms with Crippen LogP contribution >= 0.6 is 0 Å². The second kappa shape index (κ2) is 10.3. The number of hydrogen-bond acceptors (Lipinski definition) is 2. The van der Waals surface area contributed by atoms with Crippen molar-refractivity contribution in [3.63, 3.8) is 0 Å². The van der Waals surface area contributed by atoms with Gasteiger partial charge in [0.15, 0.2) is 0 Å². The van der Waals surface area contributed by atoms with Gasteiger partial charge in [0.25, 0.3) is 0 Å². The third-order valence-electron chi connectivity index (χ3n) is 5.00. The van der Waals surface area contributed by atoms with Crippen LogP contribution in [0, 0.1) is 0 Å². The molecule has 4 aromatic rings. The SMILES string of the molecule is c1ccc(COc2cccc(CCc3cccc(OCc4ccccc4)c3)c2)cc1. The molecule has 0 amide bonds. The van der Waals surface area contributed by atoms with Crippen LogP contribution < -0.4 is 9.47 Å². The van der Waals surface area contributed by atoms with Crippen LogP contribution in [0.1, 0.15) is 22.3 Å². The van der Waals surface area contributed by atoms with Gasteiger partial charge in [0.05, 0.1) is 0 Å². The Morgan fingerprint density at radius 2 is 0.800 bits per heavy atom. The molecule has 0 spiro atoms. The Labute approximate surface area is 178 Å². The van der Waals surface area contributed by atoms with E-state index in [1.807, 2.05) is 48.5 Å². The largest absolute Gasteiger partial charge is 0.489 e. The maximum absolute atomic E-state index is 5.96. The van der Waals surface area contributed by atoms with E-state index < -0.39 is 0 Å². The Hall–Kier alpha value is -3.52. The molecule has 0 aliphatic heterocycles. The second-order valence-corrected chi connectivity index (χ2v) is 7.34. The Kier molecular flexibility index (Phi) is 6.80. The van der Waals surface area contributed by atoms with Crippen LogP contribution in [-0.2, 0) is 26.1 Å². The summed E-state index contributed by atoms with van der Waals surface area (Å²) in [6.45, 7) is 1.18. The Balaban J connectivity index is 1.31. The first-order valence-corrected chi connectivity index (χ1v) is 10.4. The summed E-state index contributed by atoms with van der Waals surface area (Å²) >= 11 is 0. The van der Waals surface area contributed by atoms with Gasteiger partial charge in [-0.15, -0.1) is 0 Å². The van der Waals surface area contributed by atoms with E-state index in [0.29, 0.717) is 13.2 Å². The summed E-state index contributed by atoms with van der Waals surface area (Å²) in [6.07, 6.45) is 1.93. The summed E-state index contributed by atoms with van der Waals surface area (Å²) < 4.78 is 11.9. The highest BCUT2D eigenvalue weighted by Gasteiger charge is 2.02. The smallest absolute Gasteiger partial charge is 0.120 e. The summed E-state index contributed by atoms with van der Waals surface area (Å²) in [4.78, 5) is 0. The molecular weight excluding hydrogens is 368 g/mol.